The molecule has 9 aromatic rings. The van der Waals surface area contributed by atoms with Crippen LogP contribution in [0.3, 0.4) is 0 Å². The van der Waals surface area contributed by atoms with Crippen LogP contribution in [0, 0.1) is 6.57 Å². The summed E-state index contributed by atoms with van der Waals surface area (Å²) in [6.45, 7) is 7.54. The molecule has 0 fully saturated rings. The predicted molar refractivity (Wildman–Crippen MR) is 223 cm³/mol. The molecule has 11 rings (SSSR count). The molecule has 2 aliphatic rings. The van der Waals surface area contributed by atoms with E-state index < -0.39 is 5.41 Å². The zero-order valence-corrected chi connectivity index (χ0v) is 30.0. The molecule has 0 amide bonds. The number of nitrogens with zero attached hydrogens (tertiary/aromatic N) is 4. The monoisotopic (exact) mass is 714 g/mol. The molecular weight excluding hydrogens is 685 g/mol. The van der Waals surface area contributed by atoms with Crippen LogP contribution in [-0.2, 0) is 5.41 Å². The fourth-order valence-electron chi connectivity index (χ4n) is 8.84. The Labute approximate surface area is 324 Å². The van der Waals surface area contributed by atoms with Crippen molar-refractivity contribution in [1.29, 1.82) is 0 Å². The molecule has 56 heavy (non-hydrogen) atoms. The van der Waals surface area contributed by atoms with Gasteiger partial charge in [0, 0.05) is 22.3 Å². The second-order valence-electron chi connectivity index (χ2n) is 14.2. The van der Waals surface area contributed by atoms with Crippen molar-refractivity contribution in [2.45, 2.75) is 5.41 Å². The summed E-state index contributed by atoms with van der Waals surface area (Å²) in [5, 5.41) is 2.28. The summed E-state index contributed by atoms with van der Waals surface area (Å²) in [6, 6.07) is 62.7. The van der Waals surface area contributed by atoms with E-state index in [0.717, 1.165) is 50.1 Å². The average Bonchev–Trinajstić information content (AvgIpc) is 3.60. The Hall–Kier alpha value is -7.68. The highest BCUT2D eigenvalue weighted by molar-refractivity contribution is 6.18. The number of hydrogen-bond acceptors (Lipinski definition) is 4. The third-order valence-electron chi connectivity index (χ3n) is 11.3. The number of para-hydroxylation sites is 2. The van der Waals surface area contributed by atoms with Gasteiger partial charge in [0.05, 0.1) is 17.6 Å². The molecule has 0 saturated heterocycles. The molecule has 0 radical (unpaired) electrons. The van der Waals surface area contributed by atoms with E-state index in [1.807, 2.05) is 30.3 Å². The van der Waals surface area contributed by atoms with Gasteiger partial charge in [-0.2, -0.15) is 0 Å². The topological polar surface area (TPSA) is 52.3 Å². The van der Waals surface area contributed by atoms with Gasteiger partial charge in [0.15, 0.2) is 23.2 Å². The van der Waals surface area contributed by atoms with Crippen molar-refractivity contribution >= 4 is 16.5 Å². The molecular formula is C51H30N4O. The minimum Gasteiger partial charge on any atom is -0.456 e. The summed E-state index contributed by atoms with van der Waals surface area (Å²) in [6.07, 6.45) is 0. The van der Waals surface area contributed by atoms with Crippen LogP contribution in [0.25, 0.3) is 72.0 Å². The van der Waals surface area contributed by atoms with Gasteiger partial charge in [-0.1, -0.05) is 164 Å². The lowest BCUT2D eigenvalue weighted by Gasteiger charge is -2.42. The molecule has 1 aliphatic heterocycles. The molecule has 2 heterocycles. The van der Waals surface area contributed by atoms with Gasteiger partial charge < -0.3 is 4.74 Å². The normalized spacial score (nSPS) is 12.9. The summed E-state index contributed by atoms with van der Waals surface area (Å²) in [5.74, 6) is 3.04. The highest BCUT2D eigenvalue weighted by atomic mass is 16.5. The lowest BCUT2D eigenvalue weighted by atomic mass is 9.63. The summed E-state index contributed by atoms with van der Waals surface area (Å²) < 4.78 is 6.99. The van der Waals surface area contributed by atoms with Crippen LogP contribution in [0.2, 0.25) is 0 Å². The predicted octanol–water partition coefficient (Wildman–Crippen LogP) is 12.7. The summed E-state index contributed by atoms with van der Waals surface area (Å²) in [7, 11) is 0. The van der Waals surface area contributed by atoms with E-state index >= 15 is 0 Å². The minimum absolute atomic E-state index is 0.497. The smallest absolute Gasteiger partial charge is 0.187 e. The zero-order valence-electron chi connectivity index (χ0n) is 30.0. The average molecular weight is 715 g/mol. The quantitative estimate of drug-likeness (QED) is 0.167. The molecule has 5 nitrogen and oxygen atoms in total. The van der Waals surface area contributed by atoms with E-state index in [4.69, 9.17) is 26.3 Å². The van der Waals surface area contributed by atoms with Gasteiger partial charge in [-0.3, -0.25) is 0 Å². The minimum atomic E-state index is -0.691. The second-order valence-corrected chi connectivity index (χ2v) is 14.2. The van der Waals surface area contributed by atoms with Crippen LogP contribution >= 0.6 is 0 Å². The van der Waals surface area contributed by atoms with E-state index in [1.165, 1.54) is 27.6 Å². The second kappa shape index (κ2) is 12.4. The van der Waals surface area contributed by atoms with Crippen molar-refractivity contribution in [3.63, 3.8) is 0 Å². The third kappa shape index (κ3) is 4.63. The van der Waals surface area contributed by atoms with Gasteiger partial charge in [-0.15, -0.1) is 0 Å². The molecule has 0 atom stereocenters. The molecule has 260 valence electrons. The maximum absolute atomic E-state index is 7.54. The lowest BCUT2D eigenvalue weighted by molar-refractivity contribution is 0.436. The first-order valence-corrected chi connectivity index (χ1v) is 18.6. The van der Waals surface area contributed by atoms with Gasteiger partial charge >= 0.3 is 0 Å². The maximum atomic E-state index is 7.54. The van der Waals surface area contributed by atoms with Gasteiger partial charge in [-0.25, -0.2) is 19.8 Å². The molecule has 1 aromatic heterocycles. The SMILES string of the molecule is [C-]#[N+]c1ccc(-c2nc(-c3cccc4c3Oc3ccccc3C4(c3ccccc3)c3ccccc3)nc(-c3ccc4c5c(cccc35)-c3ccccc3-4)n2)cc1. The van der Waals surface area contributed by atoms with Gasteiger partial charge in [0.2, 0.25) is 0 Å². The van der Waals surface area contributed by atoms with Crippen molar-refractivity contribution in [2.24, 2.45) is 0 Å². The molecule has 0 N–H and O–H groups in total. The Kier molecular flexibility index (Phi) is 7.07. The molecule has 0 bridgehead atoms. The number of ether oxygens (including phenoxy) is 1. The van der Waals surface area contributed by atoms with Crippen molar-refractivity contribution in [3.8, 4) is 67.9 Å². The number of fused-ring (bicyclic) bond motifs is 5. The fraction of sp³-hybridized carbons (Fsp3) is 0.0196. The van der Waals surface area contributed by atoms with E-state index in [9.17, 15) is 0 Å². The molecule has 1 aliphatic carbocycles. The Morgan fingerprint density at radius 2 is 0.964 bits per heavy atom. The first kappa shape index (κ1) is 31.8. The first-order chi connectivity index (χ1) is 27.7. The van der Waals surface area contributed by atoms with Crippen LogP contribution in [0.4, 0.5) is 5.69 Å². The highest BCUT2D eigenvalue weighted by Gasteiger charge is 2.46. The Balaban J connectivity index is 1.19. The van der Waals surface area contributed by atoms with Gasteiger partial charge in [0.1, 0.15) is 11.5 Å². The summed E-state index contributed by atoms with van der Waals surface area (Å²) >= 11 is 0. The molecule has 8 aromatic carbocycles. The number of aromatic nitrogens is 3. The van der Waals surface area contributed by atoms with Crippen LogP contribution < -0.4 is 4.74 Å². The fourth-order valence-corrected chi connectivity index (χ4v) is 8.84. The van der Waals surface area contributed by atoms with Crippen LogP contribution in [0.15, 0.2) is 182 Å². The van der Waals surface area contributed by atoms with E-state index in [1.54, 1.807) is 12.1 Å². The van der Waals surface area contributed by atoms with Crippen molar-refractivity contribution in [1.82, 2.24) is 15.0 Å². The largest absolute Gasteiger partial charge is 0.456 e. The van der Waals surface area contributed by atoms with Gasteiger partial charge in [0.25, 0.3) is 0 Å². The van der Waals surface area contributed by atoms with Crippen LogP contribution in [0.5, 0.6) is 11.5 Å². The number of benzene rings is 8. The van der Waals surface area contributed by atoms with Crippen molar-refractivity contribution in [3.05, 3.63) is 216 Å². The highest BCUT2D eigenvalue weighted by Crippen LogP contribution is 2.57. The van der Waals surface area contributed by atoms with E-state index in [0.29, 0.717) is 28.9 Å². The molecule has 5 heteroatoms. The van der Waals surface area contributed by atoms with Crippen LogP contribution in [-0.4, -0.2) is 15.0 Å². The van der Waals surface area contributed by atoms with E-state index in [2.05, 4.69) is 144 Å². The van der Waals surface area contributed by atoms with Crippen molar-refractivity contribution in [2.75, 3.05) is 0 Å². The Bertz CT molecular complexity index is 2990. The molecule has 0 unspecified atom stereocenters. The van der Waals surface area contributed by atoms with Crippen LogP contribution in [0.1, 0.15) is 22.3 Å². The standard InChI is InChI=1S/C51H30N4O/c1-52-35-28-26-32(27-29-35)48-53-49(41-31-30-40-37-19-9-8-18-36(37)38-20-12-21-39(41)46(38)40)55-50(54-48)42-22-13-24-44-47(42)56-45-25-11-10-23-43(45)51(44,33-14-4-2-5-15-33)34-16-6-3-7-17-34/h2-31H. The van der Waals surface area contributed by atoms with Gasteiger partial charge in [-0.05, 0) is 62.4 Å². The summed E-state index contributed by atoms with van der Waals surface area (Å²) in [5.41, 5.74) is 11.5. The zero-order chi connectivity index (χ0) is 37.2. The summed E-state index contributed by atoms with van der Waals surface area (Å²) in [4.78, 5) is 19.3. The lowest BCUT2D eigenvalue weighted by Crippen LogP contribution is -2.34. The van der Waals surface area contributed by atoms with Crippen molar-refractivity contribution < 1.29 is 4.74 Å². The third-order valence-corrected chi connectivity index (χ3v) is 11.3. The molecule has 0 spiro atoms. The van der Waals surface area contributed by atoms with E-state index in [-0.39, 0.29) is 0 Å². The maximum Gasteiger partial charge on any atom is 0.187 e. The first-order valence-electron chi connectivity index (χ1n) is 18.6. The Morgan fingerprint density at radius 3 is 1.68 bits per heavy atom. The molecule has 0 saturated carbocycles. The number of hydrogen-bond donors (Lipinski definition) is 0. The number of rotatable bonds is 5. The Morgan fingerprint density at radius 1 is 0.429 bits per heavy atom.